The van der Waals surface area contributed by atoms with Crippen molar-refractivity contribution in [2.75, 3.05) is 17.2 Å². The number of benzene rings is 1. The van der Waals surface area contributed by atoms with E-state index in [4.69, 9.17) is 16.7 Å². The number of carbonyl (C=O) groups excluding carboxylic acids is 1. The molecule has 0 radical (unpaired) electrons. The van der Waals surface area contributed by atoms with Crippen LogP contribution < -0.4 is 10.0 Å². The first kappa shape index (κ1) is 15.7. The topological polar surface area (TPSA) is 80.5 Å². The van der Waals surface area contributed by atoms with E-state index in [-0.39, 0.29) is 35.3 Å². The van der Waals surface area contributed by atoms with E-state index >= 15 is 0 Å². The molecule has 20 heavy (non-hydrogen) atoms. The van der Waals surface area contributed by atoms with E-state index in [0.717, 1.165) is 0 Å². The van der Waals surface area contributed by atoms with E-state index in [1.165, 1.54) is 17.0 Å². The van der Waals surface area contributed by atoms with Gasteiger partial charge >= 0.3 is 0 Å². The molecule has 110 valence electrons. The van der Waals surface area contributed by atoms with E-state index in [1.807, 2.05) is 0 Å². The molecule has 1 aliphatic heterocycles. The number of amides is 1. The van der Waals surface area contributed by atoms with Crippen molar-refractivity contribution in [3.05, 3.63) is 27.4 Å². The molecule has 0 bridgehead atoms. The van der Waals surface area contributed by atoms with Crippen LogP contribution in [0.3, 0.4) is 0 Å². The van der Waals surface area contributed by atoms with Gasteiger partial charge in [0.25, 0.3) is 0 Å². The number of carbonyl (C=O) groups is 1. The van der Waals surface area contributed by atoms with Crippen LogP contribution in [0.5, 0.6) is 0 Å². The molecule has 2 N–H and O–H groups in total. The first-order chi connectivity index (χ1) is 9.17. The molecule has 1 atom stereocenters. The third-order valence-electron chi connectivity index (χ3n) is 2.92. The number of sulfonamides is 1. The lowest BCUT2D eigenvalue weighted by Crippen LogP contribution is -2.28. The fourth-order valence-electron chi connectivity index (χ4n) is 2.23. The highest BCUT2D eigenvalue weighted by Crippen LogP contribution is 2.36. The Morgan fingerprint density at radius 3 is 2.70 bits per heavy atom. The molecular formula is C11H11BrClFN2O3S. The van der Waals surface area contributed by atoms with Crippen molar-refractivity contribution in [3.8, 4) is 0 Å². The first-order valence-electron chi connectivity index (χ1n) is 5.63. The highest BCUT2D eigenvalue weighted by atomic mass is 79.9. The number of primary sulfonamides is 1. The summed E-state index contributed by atoms with van der Waals surface area (Å²) < 4.78 is 36.5. The van der Waals surface area contributed by atoms with E-state index in [0.29, 0.717) is 4.47 Å². The van der Waals surface area contributed by atoms with Crippen LogP contribution in [-0.4, -0.2) is 26.6 Å². The van der Waals surface area contributed by atoms with E-state index in [9.17, 15) is 17.6 Å². The summed E-state index contributed by atoms with van der Waals surface area (Å²) in [5.41, 5.74) is -0.0308. The highest BCUT2D eigenvalue weighted by molar-refractivity contribution is 9.10. The van der Waals surface area contributed by atoms with Crippen molar-refractivity contribution in [3.63, 3.8) is 0 Å². The van der Waals surface area contributed by atoms with E-state index < -0.39 is 21.8 Å². The zero-order valence-corrected chi connectivity index (χ0v) is 13.3. The van der Waals surface area contributed by atoms with Crippen LogP contribution >= 0.6 is 27.5 Å². The average molecular weight is 386 g/mol. The predicted octanol–water partition coefficient (Wildman–Crippen LogP) is 1.88. The van der Waals surface area contributed by atoms with Crippen molar-refractivity contribution in [1.82, 2.24) is 0 Å². The molecule has 1 aliphatic rings. The molecule has 2 rings (SSSR count). The van der Waals surface area contributed by atoms with Crippen molar-refractivity contribution >= 4 is 49.1 Å². The normalized spacial score (nSPS) is 19.7. The summed E-state index contributed by atoms with van der Waals surface area (Å²) in [5.74, 6) is -1.79. The van der Waals surface area contributed by atoms with Gasteiger partial charge in [0.1, 0.15) is 5.82 Å². The Kier molecular flexibility index (Phi) is 4.38. The van der Waals surface area contributed by atoms with Crippen LogP contribution in [0, 0.1) is 11.7 Å². The van der Waals surface area contributed by atoms with Crippen molar-refractivity contribution in [1.29, 1.82) is 0 Å². The second-order valence-corrected chi connectivity index (χ2v) is 7.60. The SMILES string of the molecule is NS(=O)(=O)CC1CC(=O)N(c2c(F)cc(Br)cc2Cl)C1. The second kappa shape index (κ2) is 5.59. The average Bonchev–Trinajstić information content (AvgIpc) is 2.55. The first-order valence-corrected chi connectivity index (χ1v) is 8.51. The van der Waals surface area contributed by atoms with Gasteiger partial charge in [-0.25, -0.2) is 17.9 Å². The highest BCUT2D eigenvalue weighted by Gasteiger charge is 2.35. The second-order valence-electron chi connectivity index (χ2n) is 4.62. The largest absolute Gasteiger partial charge is 0.308 e. The molecule has 9 heteroatoms. The molecule has 1 aromatic rings. The summed E-state index contributed by atoms with van der Waals surface area (Å²) >= 11 is 9.05. The van der Waals surface area contributed by atoms with Crippen molar-refractivity contribution in [2.24, 2.45) is 11.1 Å². The summed E-state index contributed by atoms with van der Waals surface area (Å²) in [4.78, 5) is 13.1. The van der Waals surface area contributed by atoms with Crippen LogP contribution in [0.25, 0.3) is 0 Å². The van der Waals surface area contributed by atoms with E-state index in [2.05, 4.69) is 15.9 Å². The van der Waals surface area contributed by atoms with Gasteiger partial charge in [0.05, 0.1) is 16.5 Å². The standard InChI is InChI=1S/C11H11BrClFN2O3S/c12-7-2-8(13)11(9(14)3-7)16-4-6(1-10(16)17)5-20(15,18)19/h2-3,6H,1,4-5H2,(H2,15,18,19). The molecule has 1 amide bonds. The van der Waals surface area contributed by atoms with Crippen LogP contribution in [0.4, 0.5) is 10.1 Å². The lowest BCUT2D eigenvalue weighted by molar-refractivity contribution is -0.117. The lowest BCUT2D eigenvalue weighted by Gasteiger charge is -2.19. The minimum atomic E-state index is -3.68. The number of nitrogens with two attached hydrogens (primary N) is 1. The minimum absolute atomic E-state index is 0.00224. The van der Waals surface area contributed by atoms with Gasteiger partial charge in [-0.1, -0.05) is 27.5 Å². The summed E-state index contributed by atoms with van der Waals surface area (Å²) in [6, 6.07) is 2.67. The van der Waals surface area contributed by atoms with Gasteiger partial charge in [0, 0.05) is 23.4 Å². The molecule has 5 nitrogen and oxygen atoms in total. The minimum Gasteiger partial charge on any atom is -0.308 e. The van der Waals surface area contributed by atoms with Gasteiger partial charge in [0.15, 0.2) is 0 Å². The number of rotatable bonds is 3. The van der Waals surface area contributed by atoms with Crippen LogP contribution in [0.2, 0.25) is 5.02 Å². The number of nitrogens with zero attached hydrogens (tertiary/aromatic N) is 1. The maximum Gasteiger partial charge on any atom is 0.227 e. The number of hydrogen-bond donors (Lipinski definition) is 1. The third kappa shape index (κ3) is 3.49. The monoisotopic (exact) mass is 384 g/mol. The van der Waals surface area contributed by atoms with Gasteiger partial charge in [-0.3, -0.25) is 4.79 Å². The fourth-order valence-corrected chi connectivity index (χ4v) is 3.98. The predicted molar refractivity (Wildman–Crippen MR) is 77.5 cm³/mol. The summed E-state index contributed by atoms with van der Waals surface area (Å²) in [6.45, 7) is 0.0769. The summed E-state index contributed by atoms with van der Waals surface area (Å²) in [6.07, 6.45) is 0.00224. The van der Waals surface area contributed by atoms with Gasteiger partial charge < -0.3 is 4.90 Å². The van der Waals surface area contributed by atoms with Crippen LogP contribution in [0.15, 0.2) is 16.6 Å². The van der Waals surface area contributed by atoms with Crippen LogP contribution in [0.1, 0.15) is 6.42 Å². The smallest absolute Gasteiger partial charge is 0.227 e. The number of halogens is 3. The Morgan fingerprint density at radius 1 is 1.50 bits per heavy atom. The van der Waals surface area contributed by atoms with Gasteiger partial charge in [-0.15, -0.1) is 0 Å². The van der Waals surface area contributed by atoms with Gasteiger partial charge in [-0.05, 0) is 12.1 Å². The van der Waals surface area contributed by atoms with Crippen molar-refractivity contribution < 1.29 is 17.6 Å². The molecule has 1 fully saturated rings. The fraction of sp³-hybridized carbons (Fsp3) is 0.364. The maximum absolute atomic E-state index is 14.0. The molecule has 0 aliphatic carbocycles. The molecule has 0 spiro atoms. The summed E-state index contributed by atoms with van der Waals surface area (Å²) in [5, 5.41) is 5.05. The molecule has 1 unspecified atom stereocenters. The number of hydrogen-bond acceptors (Lipinski definition) is 3. The lowest BCUT2D eigenvalue weighted by atomic mass is 10.1. The zero-order valence-electron chi connectivity index (χ0n) is 10.1. The van der Waals surface area contributed by atoms with Gasteiger partial charge in [0.2, 0.25) is 15.9 Å². The van der Waals surface area contributed by atoms with Gasteiger partial charge in [-0.2, -0.15) is 0 Å². The molecule has 1 aromatic carbocycles. The molecule has 1 saturated heterocycles. The molecular weight excluding hydrogens is 375 g/mol. The number of anilines is 1. The Morgan fingerprint density at radius 2 is 2.15 bits per heavy atom. The van der Waals surface area contributed by atoms with Crippen molar-refractivity contribution in [2.45, 2.75) is 6.42 Å². The molecule has 0 saturated carbocycles. The Balaban J connectivity index is 2.29. The quantitative estimate of drug-likeness (QED) is 0.862. The molecule has 1 heterocycles. The maximum atomic E-state index is 14.0. The summed E-state index contributed by atoms with van der Waals surface area (Å²) in [7, 11) is -3.68. The zero-order chi connectivity index (χ0) is 15.1. The Labute approximate surface area is 129 Å². The Hall–Kier alpha value is -0.700. The third-order valence-corrected chi connectivity index (χ3v) is 4.61. The van der Waals surface area contributed by atoms with E-state index in [1.54, 1.807) is 0 Å². The molecule has 0 aromatic heterocycles. The van der Waals surface area contributed by atoms with Crippen LogP contribution in [-0.2, 0) is 14.8 Å². The Bertz CT molecular complexity index is 645.